The van der Waals surface area contributed by atoms with Crippen molar-refractivity contribution < 1.29 is 34.2 Å². The van der Waals surface area contributed by atoms with Crippen LogP contribution < -0.4 is 9.80 Å². The molecule has 5 rings (SSSR count). The molecule has 1 atom stereocenters. The van der Waals surface area contributed by atoms with E-state index in [0.717, 1.165) is 23.5 Å². The first-order chi connectivity index (χ1) is 20.6. The normalized spacial score (nSPS) is 18.5. The van der Waals surface area contributed by atoms with Crippen molar-refractivity contribution in [2.75, 3.05) is 34.5 Å². The van der Waals surface area contributed by atoms with Crippen molar-refractivity contribution in [2.24, 2.45) is 5.92 Å². The summed E-state index contributed by atoms with van der Waals surface area (Å²) in [5.74, 6) is -6.99. The molecule has 0 unspecified atom stereocenters. The molecule has 228 valence electrons. The van der Waals surface area contributed by atoms with Gasteiger partial charge in [-0.05, 0) is 67.5 Å². The van der Waals surface area contributed by atoms with Crippen molar-refractivity contribution in [3.05, 3.63) is 57.6 Å². The van der Waals surface area contributed by atoms with Gasteiger partial charge in [-0.25, -0.2) is 9.59 Å². The highest BCUT2D eigenvalue weighted by molar-refractivity contribution is 7.99. The number of Topliss-reactive ketones (excluding diaryl/α,β-unsaturated/α-hetero) is 2. The summed E-state index contributed by atoms with van der Waals surface area (Å²) in [5.41, 5.74) is 3.42. The number of amides is 1. The van der Waals surface area contributed by atoms with Crippen LogP contribution in [0.25, 0.3) is 0 Å². The number of aryl methyl sites for hydroxylation is 1. The summed E-state index contributed by atoms with van der Waals surface area (Å²) in [7, 11) is 0. The zero-order chi connectivity index (χ0) is 30.8. The molecule has 1 amide bonds. The van der Waals surface area contributed by atoms with Gasteiger partial charge in [0.15, 0.2) is 0 Å². The molecule has 10 nitrogen and oxygen atoms in total. The number of hydrogen-bond donors (Lipinski definition) is 2. The van der Waals surface area contributed by atoms with Gasteiger partial charge in [0.2, 0.25) is 5.91 Å². The van der Waals surface area contributed by atoms with Gasteiger partial charge in [-0.1, -0.05) is 35.3 Å². The molecule has 1 saturated heterocycles. The number of carbonyl (C=O) groups excluding carboxylic acids is 3. The molecular formula is C30H31Cl2N3O7S. The van der Waals surface area contributed by atoms with Crippen LogP contribution in [-0.2, 0) is 36.9 Å². The lowest BCUT2D eigenvalue weighted by Gasteiger charge is -2.39. The van der Waals surface area contributed by atoms with E-state index in [2.05, 4.69) is 15.9 Å². The minimum absolute atomic E-state index is 0.0631. The van der Waals surface area contributed by atoms with E-state index < -0.39 is 29.4 Å². The Morgan fingerprint density at radius 3 is 2.19 bits per heavy atom. The van der Waals surface area contributed by atoms with Gasteiger partial charge in [-0.2, -0.15) is 0 Å². The van der Waals surface area contributed by atoms with Crippen LogP contribution in [0.3, 0.4) is 0 Å². The largest absolute Gasteiger partial charge is 0.475 e. The van der Waals surface area contributed by atoms with Crippen LogP contribution in [0.5, 0.6) is 0 Å². The van der Waals surface area contributed by atoms with Gasteiger partial charge in [0.05, 0.1) is 23.3 Å². The first kappa shape index (κ1) is 31.3. The highest BCUT2D eigenvalue weighted by atomic mass is 35.5. The minimum Gasteiger partial charge on any atom is -0.475 e. The van der Waals surface area contributed by atoms with E-state index in [4.69, 9.17) is 33.4 Å². The molecule has 2 aromatic rings. The fourth-order valence-corrected chi connectivity index (χ4v) is 7.47. The Labute approximate surface area is 262 Å². The number of carboxylic acid groups (broad SMARTS) is 2. The average molecular weight is 649 g/mol. The minimum atomic E-state index is -1.85. The number of anilines is 2. The summed E-state index contributed by atoms with van der Waals surface area (Å²) >= 11 is 14.9. The fourth-order valence-electron chi connectivity index (χ4n) is 5.76. The lowest BCUT2D eigenvalue weighted by Crippen LogP contribution is -2.52. The summed E-state index contributed by atoms with van der Waals surface area (Å²) in [6.45, 7) is 1.86. The Morgan fingerprint density at radius 2 is 1.53 bits per heavy atom. The fraction of sp³-hybridized carbons (Fsp3) is 0.433. The van der Waals surface area contributed by atoms with Crippen molar-refractivity contribution in [1.82, 2.24) is 4.90 Å². The summed E-state index contributed by atoms with van der Waals surface area (Å²) in [5, 5.41) is 18.8. The van der Waals surface area contributed by atoms with Crippen LogP contribution in [-0.4, -0.2) is 81.3 Å². The van der Waals surface area contributed by atoms with E-state index >= 15 is 0 Å². The summed E-state index contributed by atoms with van der Waals surface area (Å²) in [6, 6.07) is 11.7. The number of carboxylic acids is 2. The molecule has 3 aliphatic rings. The number of nitrogens with zero attached hydrogens (tertiary/aromatic N) is 3. The second-order valence-corrected chi connectivity index (χ2v) is 12.8. The molecule has 0 radical (unpaired) electrons. The molecule has 13 heteroatoms. The Hall–Kier alpha value is -3.12. The number of carbonyl (C=O) groups is 5. The Kier molecular flexibility index (Phi) is 9.65. The summed E-state index contributed by atoms with van der Waals surface area (Å²) < 4.78 is 0. The molecule has 43 heavy (non-hydrogen) atoms. The maximum atomic E-state index is 13.9. The number of thioether (sulfide) groups is 1. The topological polar surface area (TPSA) is 136 Å². The maximum absolute atomic E-state index is 13.9. The maximum Gasteiger partial charge on any atom is 0.372 e. The van der Waals surface area contributed by atoms with Crippen LogP contribution >= 0.6 is 35.0 Å². The molecule has 2 aliphatic heterocycles. The monoisotopic (exact) mass is 647 g/mol. The molecule has 0 aromatic heterocycles. The van der Waals surface area contributed by atoms with E-state index in [0.29, 0.717) is 46.4 Å². The summed E-state index contributed by atoms with van der Waals surface area (Å²) in [4.78, 5) is 66.2. The molecule has 2 aromatic carbocycles. The van der Waals surface area contributed by atoms with Crippen LogP contribution in [0.15, 0.2) is 36.4 Å². The molecule has 0 bridgehead atoms. The zero-order valence-electron chi connectivity index (χ0n) is 23.2. The van der Waals surface area contributed by atoms with Crippen molar-refractivity contribution in [3.63, 3.8) is 0 Å². The van der Waals surface area contributed by atoms with Gasteiger partial charge < -0.3 is 20.0 Å². The Bertz CT molecular complexity index is 1440. The molecule has 1 saturated carbocycles. The first-order valence-electron chi connectivity index (χ1n) is 14.1. The predicted octanol–water partition coefficient (Wildman–Crippen LogP) is 4.13. The third kappa shape index (κ3) is 6.85. The third-order valence-electron chi connectivity index (χ3n) is 8.14. The van der Waals surface area contributed by atoms with E-state index in [1.54, 1.807) is 23.9 Å². The molecule has 0 spiro atoms. The van der Waals surface area contributed by atoms with Gasteiger partial charge >= 0.3 is 11.9 Å². The van der Waals surface area contributed by atoms with Crippen LogP contribution in [0.4, 0.5) is 11.4 Å². The lowest BCUT2D eigenvalue weighted by atomic mass is 9.91. The number of ketones is 2. The smallest absolute Gasteiger partial charge is 0.372 e. The van der Waals surface area contributed by atoms with Gasteiger partial charge in [-0.3, -0.25) is 19.3 Å². The van der Waals surface area contributed by atoms with Crippen molar-refractivity contribution in [2.45, 2.75) is 50.7 Å². The number of fused-ring (bicyclic) bond motifs is 1. The highest BCUT2D eigenvalue weighted by Gasteiger charge is 2.40. The number of hydrogen-bond acceptors (Lipinski definition) is 8. The Morgan fingerprint density at radius 1 is 0.907 bits per heavy atom. The zero-order valence-corrected chi connectivity index (χ0v) is 25.5. The van der Waals surface area contributed by atoms with E-state index in [1.807, 2.05) is 23.1 Å². The quantitative estimate of drug-likeness (QED) is 0.256. The molecule has 2 N–H and O–H groups in total. The second kappa shape index (κ2) is 13.3. The second-order valence-electron chi connectivity index (χ2n) is 11.0. The van der Waals surface area contributed by atoms with E-state index in [1.165, 1.54) is 12.8 Å². The SMILES string of the molecule is O=C(O)C(=O)C(CCCc1cc(Cl)c(CN2CSC[C@H]2C(=O)N2CCN(C3CC3)c3ccccc32)cc1Cl)C(=O)C(=O)O. The third-order valence-corrected chi connectivity index (χ3v) is 9.91. The molecular weight excluding hydrogens is 617 g/mol. The standard InChI is InChI=1S/C30H31Cl2N3O7S/c31-21-13-18(22(32)12-17(21)4-3-5-20(26(36)29(39)40)27(37)30(41)42)14-33-16-43-15-25(33)28(38)35-11-10-34(19-8-9-19)23-6-1-2-7-24(23)35/h1-2,6-7,12-13,19-20,25H,3-5,8-11,14-16H2,(H,39,40)(H,41,42)/t25-/m0/s1. The van der Waals surface area contributed by atoms with Crippen LogP contribution in [0.2, 0.25) is 10.0 Å². The van der Waals surface area contributed by atoms with Gasteiger partial charge in [0.25, 0.3) is 11.6 Å². The van der Waals surface area contributed by atoms with Gasteiger partial charge in [0, 0.05) is 47.4 Å². The van der Waals surface area contributed by atoms with E-state index in [-0.39, 0.29) is 31.2 Å². The molecule has 1 aliphatic carbocycles. The molecule has 2 heterocycles. The Balaban J connectivity index is 1.25. The van der Waals surface area contributed by atoms with Crippen molar-refractivity contribution in [1.29, 1.82) is 0 Å². The predicted molar refractivity (Wildman–Crippen MR) is 164 cm³/mol. The van der Waals surface area contributed by atoms with Crippen LogP contribution in [0.1, 0.15) is 36.8 Å². The van der Waals surface area contributed by atoms with Gasteiger partial charge in [-0.15, -0.1) is 11.8 Å². The van der Waals surface area contributed by atoms with Gasteiger partial charge in [0.1, 0.15) is 0 Å². The van der Waals surface area contributed by atoms with Crippen LogP contribution in [0, 0.1) is 5.92 Å². The van der Waals surface area contributed by atoms with Crippen molar-refractivity contribution >= 4 is 75.8 Å². The number of aliphatic carboxylic acids is 2. The van der Waals surface area contributed by atoms with E-state index in [9.17, 15) is 24.0 Å². The highest BCUT2D eigenvalue weighted by Crippen LogP contribution is 2.41. The number of halogens is 2. The lowest BCUT2D eigenvalue weighted by molar-refractivity contribution is -0.157. The molecule has 2 fully saturated rings. The first-order valence-corrected chi connectivity index (χ1v) is 16.0. The van der Waals surface area contributed by atoms with Crippen molar-refractivity contribution in [3.8, 4) is 0 Å². The average Bonchev–Trinajstić information content (AvgIpc) is 3.73. The number of benzene rings is 2. The number of para-hydroxylation sites is 2. The number of rotatable bonds is 12. The summed E-state index contributed by atoms with van der Waals surface area (Å²) in [6.07, 6.45) is 2.52.